The molecule has 0 atom stereocenters. The average molecular weight is 405 g/mol. The van der Waals surface area contributed by atoms with Gasteiger partial charge in [0.2, 0.25) is 0 Å². The van der Waals surface area contributed by atoms with Crippen molar-refractivity contribution in [3.05, 3.63) is 72.8 Å². The van der Waals surface area contributed by atoms with Gasteiger partial charge in [0, 0.05) is 37.8 Å². The third-order valence-corrected chi connectivity index (χ3v) is 4.89. The molecule has 3 rings (SSSR count). The summed E-state index contributed by atoms with van der Waals surface area (Å²) in [4.78, 5) is 2.19. The average Bonchev–Trinajstić information content (AvgIpc) is 2.79. The number of nitrogens with two attached hydrogens (primary N) is 1. The van der Waals surface area contributed by atoms with E-state index < -0.39 is 0 Å². The fourth-order valence-corrected chi connectivity index (χ4v) is 3.13. The summed E-state index contributed by atoms with van der Waals surface area (Å²) in [5.41, 5.74) is 5.48. The summed E-state index contributed by atoms with van der Waals surface area (Å²) in [7, 11) is 7.76. The van der Waals surface area contributed by atoms with Crippen LogP contribution < -0.4 is 25.3 Å². The number of methoxy groups -OCH3 is 1. The van der Waals surface area contributed by atoms with E-state index in [1.165, 1.54) is 11.4 Å². The maximum atomic E-state index is 5.19. The number of anilines is 4. The Hall–Kier alpha value is -3.51. The van der Waals surface area contributed by atoms with Crippen molar-refractivity contribution in [2.45, 2.75) is 0 Å². The van der Waals surface area contributed by atoms with Crippen LogP contribution in [0.15, 0.2) is 77.9 Å². The van der Waals surface area contributed by atoms with Gasteiger partial charge in [-0.3, -0.25) is 5.01 Å². The number of benzene rings is 3. The van der Waals surface area contributed by atoms with E-state index >= 15 is 0 Å². The molecule has 0 amide bonds. The van der Waals surface area contributed by atoms with Crippen LogP contribution in [0, 0.1) is 0 Å². The molecule has 0 aliphatic heterocycles. The highest BCUT2D eigenvalue weighted by Gasteiger charge is 2.07. The minimum atomic E-state index is 0.728. The molecule has 6 nitrogen and oxygen atoms in total. The van der Waals surface area contributed by atoms with Crippen LogP contribution in [0.5, 0.6) is 5.75 Å². The number of nitrogens with one attached hydrogen (secondary N) is 1. The Morgan fingerprint density at radius 3 is 2.20 bits per heavy atom. The Bertz CT molecular complexity index is 954. The summed E-state index contributed by atoms with van der Waals surface area (Å²) < 4.78 is 5.19. The lowest BCUT2D eigenvalue weighted by Gasteiger charge is -2.19. The first-order valence-electron chi connectivity index (χ1n) is 9.97. The van der Waals surface area contributed by atoms with Gasteiger partial charge < -0.3 is 20.3 Å². The molecule has 30 heavy (non-hydrogen) atoms. The van der Waals surface area contributed by atoms with Gasteiger partial charge >= 0.3 is 0 Å². The summed E-state index contributed by atoms with van der Waals surface area (Å²) in [6.45, 7) is 0.728. The quantitative estimate of drug-likeness (QED) is 0.323. The number of hydrazone groups is 1. The second kappa shape index (κ2) is 10.3. The summed E-state index contributed by atoms with van der Waals surface area (Å²) in [5, 5.41) is 12.0. The molecule has 3 aromatic carbocycles. The predicted octanol–water partition coefficient (Wildman–Crippen LogP) is 3.82. The van der Waals surface area contributed by atoms with Crippen molar-refractivity contribution in [1.29, 1.82) is 0 Å². The Kier molecular flexibility index (Phi) is 7.29. The largest absolute Gasteiger partial charge is 0.497 e. The summed E-state index contributed by atoms with van der Waals surface area (Å²) in [5.74, 6) is 0.845. The molecule has 6 heteroatoms. The highest BCUT2D eigenvalue weighted by molar-refractivity contribution is 5.71. The monoisotopic (exact) mass is 404 g/mol. The number of quaternary nitrogens is 1. The molecule has 0 saturated heterocycles. The van der Waals surface area contributed by atoms with Crippen LogP contribution in [0.2, 0.25) is 0 Å². The zero-order valence-electron chi connectivity index (χ0n) is 18.0. The molecule has 0 spiro atoms. The van der Waals surface area contributed by atoms with Crippen LogP contribution in [-0.2, 0) is 0 Å². The van der Waals surface area contributed by atoms with Crippen molar-refractivity contribution in [2.75, 3.05) is 50.0 Å². The smallest absolute Gasteiger partial charge is 0.152 e. The first-order valence-corrected chi connectivity index (χ1v) is 9.97. The molecule has 0 fully saturated rings. The molecule has 156 valence electrons. The molecule has 0 unspecified atom stereocenters. The second-order valence-electron chi connectivity index (χ2n) is 6.95. The van der Waals surface area contributed by atoms with Crippen molar-refractivity contribution in [1.82, 2.24) is 0 Å². The fraction of sp³-hybridized carbons (Fsp3) is 0.208. The molecule has 0 radical (unpaired) electrons. The zero-order valence-corrected chi connectivity index (χ0v) is 18.0. The van der Waals surface area contributed by atoms with Crippen LogP contribution in [0.3, 0.4) is 0 Å². The zero-order chi connectivity index (χ0) is 21.3. The van der Waals surface area contributed by atoms with Crippen molar-refractivity contribution < 1.29 is 10.1 Å². The van der Waals surface area contributed by atoms with E-state index in [4.69, 9.17) is 4.74 Å². The van der Waals surface area contributed by atoms with Gasteiger partial charge in [-0.15, -0.1) is 0 Å². The lowest BCUT2D eigenvalue weighted by atomic mass is 10.2. The molecule has 0 saturated carbocycles. The number of para-hydroxylation sites is 2. The fourth-order valence-electron chi connectivity index (χ4n) is 3.13. The number of hydrogen-bond donors (Lipinski definition) is 2. The number of rotatable bonds is 9. The van der Waals surface area contributed by atoms with Gasteiger partial charge in [0.25, 0.3) is 0 Å². The molecular weight excluding hydrogens is 374 g/mol. The first kappa shape index (κ1) is 21.2. The normalized spacial score (nSPS) is 10.8. The van der Waals surface area contributed by atoms with Crippen molar-refractivity contribution in [3.8, 4) is 5.75 Å². The van der Waals surface area contributed by atoms with Crippen molar-refractivity contribution in [3.63, 3.8) is 0 Å². The van der Waals surface area contributed by atoms with Crippen LogP contribution >= 0.6 is 0 Å². The molecule has 0 bridgehead atoms. The molecule has 0 aromatic heterocycles. The summed E-state index contributed by atoms with van der Waals surface area (Å²) >= 11 is 0. The minimum absolute atomic E-state index is 0.728. The van der Waals surface area contributed by atoms with E-state index in [0.717, 1.165) is 29.4 Å². The molecule has 0 aliphatic carbocycles. The Morgan fingerprint density at radius 2 is 1.57 bits per heavy atom. The molecule has 3 N–H and O–H groups in total. The van der Waals surface area contributed by atoms with E-state index in [9.17, 15) is 0 Å². The highest BCUT2D eigenvalue weighted by Crippen LogP contribution is 2.23. The van der Waals surface area contributed by atoms with Gasteiger partial charge in [-0.1, -0.05) is 12.1 Å². The minimum Gasteiger partial charge on any atom is -0.497 e. The number of ether oxygens (including phenoxy) is 1. The van der Waals surface area contributed by atoms with E-state index in [0.29, 0.717) is 0 Å². The summed E-state index contributed by atoms with van der Waals surface area (Å²) in [6.07, 6.45) is 1.93. The maximum absolute atomic E-state index is 5.19. The van der Waals surface area contributed by atoms with Crippen molar-refractivity contribution in [2.24, 2.45) is 5.10 Å². The Balaban J connectivity index is 1.56. The number of hydrogen-bond acceptors (Lipinski definition) is 5. The van der Waals surface area contributed by atoms with Crippen LogP contribution in [0.4, 0.5) is 28.4 Å². The van der Waals surface area contributed by atoms with Crippen LogP contribution in [0.1, 0.15) is 0 Å². The van der Waals surface area contributed by atoms with E-state index in [1.54, 1.807) is 7.11 Å². The van der Waals surface area contributed by atoms with Crippen LogP contribution in [-0.4, -0.2) is 41.0 Å². The highest BCUT2D eigenvalue weighted by atomic mass is 16.5. The van der Waals surface area contributed by atoms with E-state index in [1.807, 2.05) is 66.8 Å². The van der Waals surface area contributed by atoms with Gasteiger partial charge in [-0.25, -0.2) is 0 Å². The SMILES string of the molecule is C[NH2+]c1ccccc1N(C)C/C=N/N(C)c1ccc(Nc2ccc(OC)cc2)cc1. The predicted molar refractivity (Wildman–Crippen MR) is 127 cm³/mol. The standard InChI is InChI=1S/C24H29N5O/c1-25-23-7-5-6-8-24(23)28(2)18-17-26-29(3)21-13-9-19(10-14-21)27-20-11-15-22(30-4)16-12-20/h5-17,25,27H,18H2,1-4H3/p+1/b26-17+. The van der Waals surface area contributed by atoms with Gasteiger partial charge in [0.05, 0.1) is 32.1 Å². The maximum Gasteiger partial charge on any atom is 0.152 e. The Labute approximate surface area is 178 Å². The molecule has 3 aromatic rings. The second-order valence-corrected chi connectivity index (χ2v) is 6.95. The Morgan fingerprint density at radius 1 is 0.933 bits per heavy atom. The van der Waals surface area contributed by atoms with Gasteiger partial charge in [-0.05, 0) is 54.6 Å². The lowest BCUT2D eigenvalue weighted by Crippen LogP contribution is -2.73. The van der Waals surface area contributed by atoms with E-state index in [-0.39, 0.29) is 0 Å². The van der Waals surface area contributed by atoms with Crippen molar-refractivity contribution >= 4 is 34.7 Å². The van der Waals surface area contributed by atoms with Gasteiger partial charge in [0.1, 0.15) is 5.75 Å². The molecule has 0 heterocycles. The topological polar surface area (TPSA) is 56.7 Å². The lowest BCUT2D eigenvalue weighted by molar-refractivity contribution is -0.538. The molecular formula is C24H30N5O+. The van der Waals surface area contributed by atoms with Gasteiger partial charge in [0.15, 0.2) is 5.69 Å². The van der Waals surface area contributed by atoms with Crippen LogP contribution in [0.25, 0.3) is 0 Å². The third-order valence-electron chi connectivity index (χ3n) is 4.89. The molecule has 0 aliphatic rings. The summed E-state index contributed by atoms with van der Waals surface area (Å²) in [6, 6.07) is 24.4. The van der Waals surface area contributed by atoms with E-state index in [2.05, 4.69) is 59.0 Å². The number of nitrogens with zero attached hydrogens (tertiary/aromatic N) is 3. The first-order chi connectivity index (χ1) is 14.6. The third kappa shape index (κ3) is 5.52. The van der Waals surface area contributed by atoms with Gasteiger partial charge in [-0.2, -0.15) is 5.10 Å².